The molecule has 0 saturated carbocycles. The lowest BCUT2D eigenvalue weighted by Gasteiger charge is -2.22. The number of hydrogen-bond donors (Lipinski definition) is 1. The van der Waals surface area contributed by atoms with Gasteiger partial charge in [0.05, 0.1) is 0 Å². The predicted octanol–water partition coefficient (Wildman–Crippen LogP) is 5.32. The number of fused-ring (bicyclic) bond motifs is 1. The average Bonchev–Trinajstić information content (AvgIpc) is 3.08. The van der Waals surface area contributed by atoms with Crippen LogP contribution in [0.1, 0.15) is 47.2 Å². The van der Waals surface area contributed by atoms with Crippen LogP contribution in [0.4, 0.5) is 0 Å². The molecule has 158 valence electrons. The van der Waals surface area contributed by atoms with E-state index in [1.54, 1.807) is 12.1 Å². The Bertz CT molecular complexity index is 1100. The van der Waals surface area contributed by atoms with E-state index in [1.165, 1.54) is 0 Å². The number of rotatable bonds is 4. The van der Waals surface area contributed by atoms with Gasteiger partial charge in [-0.05, 0) is 54.3 Å². The number of nitrogens with one attached hydrogen (secondary N) is 1. The zero-order valence-corrected chi connectivity index (χ0v) is 17.9. The zero-order chi connectivity index (χ0) is 21.6. The quantitative estimate of drug-likeness (QED) is 0.590. The Morgan fingerprint density at radius 3 is 2.26 bits per heavy atom. The Hall–Kier alpha value is -3.40. The number of carbonyl (C=O) groups is 2. The maximum absolute atomic E-state index is 13.5. The number of likely N-dealkylation sites (tertiary alicyclic amines) is 1. The van der Waals surface area contributed by atoms with Gasteiger partial charge in [-0.2, -0.15) is 0 Å². The molecule has 3 aromatic carbocycles. The van der Waals surface area contributed by atoms with Gasteiger partial charge < -0.3 is 10.2 Å². The molecule has 0 bridgehead atoms. The highest BCUT2D eigenvalue weighted by Crippen LogP contribution is 2.22. The van der Waals surface area contributed by atoms with Crippen molar-refractivity contribution in [3.8, 4) is 0 Å². The highest BCUT2D eigenvalue weighted by molar-refractivity contribution is 6.06. The highest BCUT2D eigenvalue weighted by atomic mass is 16.2. The van der Waals surface area contributed by atoms with Gasteiger partial charge in [0.25, 0.3) is 11.8 Å². The lowest BCUT2D eigenvalue weighted by atomic mass is 10.0. The van der Waals surface area contributed by atoms with E-state index in [-0.39, 0.29) is 11.8 Å². The second-order valence-corrected chi connectivity index (χ2v) is 8.15. The molecule has 0 aliphatic carbocycles. The fourth-order valence-electron chi connectivity index (χ4n) is 4.03. The molecule has 4 nitrogen and oxygen atoms in total. The van der Waals surface area contributed by atoms with Crippen LogP contribution in [0.2, 0.25) is 0 Å². The van der Waals surface area contributed by atoms with Crippen molar-refractivity contribution < 1.29 is 9.59 Å². The fourth-order valence-corrected chi connectivity index (χ4v) is 4.03. The number of aryl methyl sites for hydroxylation is 1. The van der Waals surface area contributed by atoms with Gasteiger partial charge in [0.1, 0.15) is 5.70 Å². The van der Waals surface area contributed by atoms with E-state index in [1.807, 2.05) is 72.5 Å². The number of hydrogen-bond acceptors (Lipinski definition) is 2. The molecular weight excluding hydrogens is 384 g/mol. The molecule has 0 spiro atoms. The third-order valence-electron chi connectivity index (χ3n) is 5.81. The molecule has 1 saturated heterocycles. The van der Waals surface area contributed by atoms with Gasteiger partial charge in [0.15, 0.2) is 0 Å². The monoisotopic (exact) mass is 412 g/mol. The minimum atomic E-state index is -0.269. The molecule has 31 heavy (non-hydrogen) atoms. The van der Waals surface area contributed by atoms with E-state index in [0.717, 1.165) is 60.7 Å². The van der Waals surface area contributed by atoms with E-state index in [9.17, 15) is 9.59 Å². The first-order valence-electron chi connectivity index (χ1n) is 11.0. The van der Waals surface area contributed by atoms with Crippen LogP contribution in [0.5, 0.6) is 0 Å². The summed E-state index contributed by atoms with van der Waals surface area (Å²) in [6.45, 7) is 3.44. The Labute approximate surface area is 183 Å². The van der Waals surface area contributed by atoms with Crippen molar-refractivity contribution in [2.24, 2.45) is 0 Å². The second kappa shape index (κ2) is 9.61. The molecule has 2 amide bonds. The highest BCUT2D eigenvalue weighted by Gasteiger charge is 2.22. The van der Waals surface area contributed by atoms with Gasteiger partial charge in [-0.1, -0.05) is 73.0 Å². The third kappa shape index (κ3) is 5.02. The number of amides is 2. The van der Waals surface area contributed by atoms with Crippen LogP contribution >= 0.6 is 0 Å². The summed E-state index contributed by atoms with van der Waals surface area (Å²) >= 11 is 0. The van der Waals surface area contributed by atoms with Gasteiger partial charge in [-0.15, -0.1) is 0 Å². The molecule has 1 N–H and O–H groups in total. The molecule has 1 heterocycles. The molecule has 4 rings (SSSR count). The standard InChI is InChI=1S/C27H28N2O2/c1-20-13-15-22(16-14-20)26(30)28-25(27(31)29-17-6-2-3-7-18-29)19-23-11-8-10-21-9-4-5-12-24(21)23/h4-5,8-16,19H,2-3,6-7,17-18H2,1H3,(H,28,30). The van der Waals surface area contributed by atoms with Crippen molar-refractivity contribution in [3.63, 3.8) is 0 Å². The van der Waals surface area contributed by atoms with Crippen LogP contribution in [0.3, 0.4) is 0 Å². The number of nitrogens with zero attached hydrogens (tertiary/aromatic N) is 1. The maximum atomic E-state index is 13.5. The van der Waals surface area contributed by atoms with Gasteiger partial charge in [-0.3, -0.25) is 9.59 Å². The molecule has 1 aliphatic rings. The van der Waals surface area contributed by atoms with E-state index < -0.39 is 0 Å². The maximum Gasteiger partial charge on any atom is 0.270 e. The Morgan fingerprint density at radius 2 is 1.52 bits per heavy atom. The second-order valence-electron chi connectivity index (χ2n) is 8.15. The molecule has 0 atom stereocenters. The van der Waals surface area contributed by atoms with E-state index in [0.29, 0.717) is 11.3 Å². The van der Waals surface area contributed by atoms with Crippen molar-refractivity contribution >= 4 is 28.7 Å². The zero-order valence-electron chi connectivity index (χ0n) is 17.9. The largest absolute Gasteiger partial charge is 0.337 e. The van der Waals surface area contributed by atoms with Crippen LogP contribution in [-0.4, -0.2) is 29.8 Å². The SMILES string of the molecule is Cc1ccc(C(=O)NC(=Cc2cccc3ccccc23)C(=O)N2CCCCCC2)cc1. The van der Waals surface area contributed by atoms with Crippen LogP contribution in [0.25, 0.3) is 16.8 Å². The first kappa shape index (κ1) is 20.9. The first-order chi connectivity index (χ1) is 15.1. The van der Waals surface area contributed by atoms with Crippen molar-refractivity contribution in [2.45, 2.75) is 32.6 Å². The molecule has 1 aliphatic heterocycles. The van der Waals surface area contributed by atoms with Gasteiger partial charge >= 0.3 is 0 Å². The van der Waals surface area contributed by atoms with Gasteiger partial charge in [-0.25, -0.2) is 0 Å². The summed E-state index contributed by atoms with van der Waals surface area (Å²) in [7, 11) is 0. The number of benzene rings is 3. The Morgan fingerprint density at radius 1 is 0.839 bits per heavy atom. The third-order valence-corrected chi connectivity index (χ3v) is 5.81. The van der Waals surface area contributed by atoms with Crippen molar-refractivity contribution in [3.05, 3.63) is 89.1 Å². The van der Waals surface area contributed by atoms with Gasteiger partial charge in [0.2, 0.25) is 0 Å². The summed E-state index contributed by atoms with van der Waals surface area (Å²) in [5, 5.41) is 5.07. The van der Waals surface area contributed by atoms with E-state index >= 15 is 0 Å². The van der Waals surface area contributed by atoms with Crippen LogP contribution < -0.4 is 5.32 Å². The normalized spacial score (nSPS) is 14.9. The van der Waals surface area contributed by atoms with Crippen LogP contribution in [0, 0.1) is 6.92 Å². The fraction of sp³-hybridized carbons (Fsp3) is 0.259. The molecule has 0 unspecified atom stereocenters. The summed E-state index contributed by atoms with van der Waals surface area (Å²) in [6.07, 6.45) is 6.10. The minimum Gasteiger partial charge on any atom is -0.337 e. The molecule has 1 fully saturated rings. The van der Waals surface area contributed by atoms with Crippen molar-refractivity contribution in [2.75, 3.05) is 13.1 Å². The van der Waals surface area contributed by atoms with Crippen molar-refractivity contribution in [1.82, 2.24) is 10.2 Å². The molecule has 0 aromatic heterocycles. The summed E-state index contributed by atoms with van der Waals surface area (Å²) < 4.78 is 0. The molecular formula is C27H28N2O2. The Kier molecular flexibility index (Phi) is 6.46. The average molecular weight is 413 g/mol. The molecule has 3 aromatic rings. The number of carbonyl (C=O) groups excluding carboxylic acids is 2. The lowest BCUT2D eigenvalue weighted by Crippen LogP contribution is -2.39. The van der Waals surface area contributed by atoms with E-state index in [4.69, 9.17) is 0 Å². The summed E-state index contributed by atoms with van der Waals surface area (Å²) in [4.78, 5) is 28.3. The molecule has 4 heteroatoms. The summed E-state index contributed by atoms with van der Waals surface area (Å²) in [5.74, 6) is -0.384. The lowest BCUT2D eigenvalue weighted by molar-refractivity contribution is -0.127. The molecule has 0 radical (unpaired) electrons. The smallest absolute Gasteiger partial charge is 0.270 e. The first-order valence-corrected chi connectivity index (χ1v) is 11.0. The minimum absolute atomic E-state index is 0.115. The van der Waals surface area contributed by atoms with Gasteiger partial charge in [0, 0.05) is 18.7 Å². The Balaban J connectivity index is 1.70. The summed E-state index contributed by atoms with van der Waals surface area (Å²) in [5.41, 5.74) is 2.87. The predicted molar refractivity (Wildman–Crippen MR) is 126 cm³/mol. The van der Waals surface area contributed by atoms with Crippen LogP contribution in [0.15, 0.2) is 72.4 Å². The van der Waals surface area contributed by atoms with E-state index in [2.05, 4.69) is 5.32 Å². The summed E-state index contributed by atoms with van der Waals surface area (Å²) in [6, 6.07) is 21.5. The van der Waals surface area contributed by atoms with Crippen molar-refractivity contribution in [1.29, 1.82) is 0 Å². The van der Waals surface area contributed by atoms with Crippen LogP contribution in [-0.2, 0) is 4.79 Å². The topological polar surface area (TPSA) is 49.4 Å².